The first-order valence-corrected chi connectivity index (χ1v) is 12.6. The van der Waals surface area contributed by atoms with Crippen LogP contribution in [-0.2, 0) is 28.5 Å². The molecule has 2 unspecified atom stereocenters. The average Bonchev–Trinajstić information content (AvgIpc) is 3.07. The van der Waals surface area contributed by atoms with Gasteiger partial charge in [0, 0.05) is 30.8 Å². The quantitative estimate of drug-likeness (QED) is 0.360. The van der Waals surface area contributed by atoms with Crippen molar-refractivity contribution in [2.45, 2.75) is 103 Å². The van der Waals surface area contributed by atoms with Gasteiger partial charge in [0.2, 0.25) is 12.0 Å². The van der Waals surface area contributed by atoms with Crippen LogP contribution in [0.1, 0.15) is 73.1 Å². The van der Waals surface area contributed by atoms with Gasteiger partial charge in [-0.2, -0.15) is 0 Å². The first-order valence-electron chi connectivity index (χ1n) is 12.6. The maximum Gasteiger partial charge on any atom is 0.511 e. The average molecular weight is 500 g/mol. The Morgan fingerprint density at radius 2 is 1.83 bits per heavy atom. The van der Waals surface area contributed by atoms with Crippen LogP contribution in [0.4, 0.5) is 9.18 Å². The number of hydrogen-bond acceptors (Lipinski definition) is 8. The normalized spacial score (nSPS) is 43.3. The van der Waals surface area contributed by atoms with Crippen LogP contribution in [0.3, 0.4) is 0 Å². The molecule has 0 aliphatic heterocycles. The molecule has 0 aromatic carbocycles. The largest absolute Gasteiger partial charge is 0.511 e. The van der Waals surface area contributed by atoms with Crippen LogP contribution in [0.25, 0.3) is 0 Å². The van der Waals surface area contributed by atoms with Crippen LogP contribution < -0.4 is 5.73 Å². The summed E-state index contributed by atoms with van der Waals surface area (Å²) in [6.07, 6.45) is 0.110. The molecule has 0 aromatic rings. The number of rotatable bonds is 9. The van der Waals surface area contributed by atoms with Gasteiger partial charge < -0.3 is 29.8 Å². The summed E-state index contributed by atoms with van der Waals surface area (Å²) in [6.45, 7) is 10.2. The van der Waals surface area contributed by atoms with Crippen molar-refractivity contribution < 1.29 is 42.8 Å². The van der Waals surface area contributed by atoms with Gasteiger partial charge in [-0.05, 0) is 43.4 Å². The van der Waals surface area contributed by atoms with E-state index in [0.29, 0.717) is 18.9 Å². The predicted octanol–water partition coefficient (Wildman–Crippen LogP) is 3.57. The van der Waals surface area contributed by atoms with Crippen molar-refractivity contribution in [3.63, 3.8) is 0 Å². The summed E-state index contributed by atoms with van der Waals surface area (Å²) in [5, 5.41) is 9.34. The minimum atomic E-state index is -2.47. The SMILES string of the molecule is CCCO[C@@H]1C[C@@H]2[C@H]([C@]1(N)CC(=O)OC(C)OC(=O)O[C@@H]1CC3CC[C@@]1(C)C3(C)C)[C@@]2(F)C(=O)O. The van der Waals surface area contributed by atoms with Crippen LogP contribution in [-0.4, -0.2) is 59.5 Å². The van der Waals surface area contributed by atoms with Crippen molar-refractivity contribution in [3.8, 4) is 0 Å². The Morgan fingerprint density at radius 3 is 2.37 bits per heavy atom. The number of fused-ring (bicyclic) bond motifs is 3. The fourth-order valence-corrected chi connectivity index (χ4v) is 7.24. The molecule has 10 heteroatoms. The molecule has 35 heavy (non-hydrogen) atoms. The summed E-state index contributed by atoms with van der Waals surface area (Å²) < 4.78 is 36.7. The molecule has 0 spiro atoms. The van der Waals surface area contributed by atoms with Gasteiger partial charge in [0.1, 0.15) is 6.10 Å². The van der Waals surface area contributed by atoms with Crippen molar-refractivity contribution in [2.75, 3.05) is 6.61 Å². The molecule has 4 aliphatic carbocycles. The fourth-order valence-electron chi connectivity index (χ4n) is 7.24. The Morgan fingerprint density at radius 1 is 1.14 bits per heavy atom. The number of carboxylic acids is 1. The van der Waals surface area contributed by atoms with Crippen LogP contribution in [0.15, 0.2) is 0 Å². The lowest BCUT2D eigenvalue weighted by atomic mass is 9.70. The van der Waals surface area contributed by atoms with Gasteiger partial charge in [-0.15, -0.1) is 0 Å². The highest BCUT2D eigenvalue weighted by molar-refractivity contribution is 5.84. The number of carboxylic acid groups (broad SMARTS) is 1. The first-order chi connectivity index (χ1) is 16.2. The third-order valence-corrected chi connectivity index (χ3v) is 9.75. The molecule has 4 rings (SSSR count). The molecule has 9 atom stereocenters. The van der Waals surface area contributed by atoms with Crippen molar-refractivity contribution in [2.24, 2.45) is 34.3 Å². The molecule has 2 bridgehead atoms. The molecule has 0 amide bonds. The van der Waals surface area contributed by atoms with Crippen molar-refractivity contribution in [3.05, 3.63) is 0 Å². The summed E-state index contributed by atoms with van der Waals surface area (Å²) >= 11 is 0. The van der Waals surface area contributed by atoms with E-state index in [1.165, 1.54) is 6.92 Å². The summed E-state index contributed by atoms with van der Waals surface area (Å²) in [5.41, 5.74) is 2.36. The maximum absolute atomic E-state index is 15.0. The number of hydrogen-bond donors (Lipinski definition) is 2. The zero-order valence-corrected chi connectivity index (χ0v) is 21.2. The highest BCUT2D eigenvalue weighted by Crippen LogP contribution is 2.68. The molecule has 9 nitrogen and oxygen atoms in total. The number of carbonyl (C=O) groups excluding carboxylic acids is 2. The van der Waals surface area contributed by atoms with Crippen molar-refractivity contribution >= 4 is 18.1 Å². The Bertz CT molecular complexity index is 897. The molecule has 4 aliphatic rings. The number of nitrogens with two attached hydrogens (primary N) is 1. The molecule has 4 fully saturated rings. The highest BCUT2D eigenvalue weighted by Gasteiger charge is 2.83. The van der Waals surface area contributed by atoms with Crippen LogP contribution in [0.5, 0.6) is 0 Å². The van der Waals surface area contributed by atoms with Gasteiger partial charge in [0.05, 0.1) is 18.1 Å². The number of halogens is 1. The van der Waals surface area contributed by atoms with Gasteiger partial charge in [-0.1, -0.05) is 27.7 Å². The molecule has 0 aromatic heterocycles. The van der Waals surface area contributed by atoms with E-state index in [4.69, 9.17) is 24.7 Å². The second-order valence-electron chi connectivity index (χ2n) is 11.7. The van der Waals surface area contributed by atoms with Gasteiger partial charge >= 0.3 is 18.1 Å². The standard InChI is InChI=1S/C25H38FNO8/c1-6-9-32-17-11-15-19(25(15,26)20(29)30)24(17,27)12-18(28)33-13(2)34-21(31)35-16-10-14-7-8-23(16,5)22(14,3)4/h13-17,19H,6-12,27H2,1-5H3,(H,29,30)/t13?,14?,15-,16-,17-,19-,23-,24+,25-/m1/s1. The van der Waals surface area contributed by atoms with E-state index in [2.05, 4.69) is 20.8 Å². The number of alkyl halides is 1. The highest BCUT2D eigenvalue weighted by atomic mass is 19.1. The summed E-state index contributed by atoms with van der Waals surface area (Å²) in [6, 6.07) is 0. The topological polar surface area (TPSA) is 134 Å². The second-order valence-corrected chi connectivity index (χ2v) is 11.7. The molecule has 4 saturated carbocycles. The number of carbonyl (C=O) groups is 3. The minimum absolute atomic E-state index is 0.0609. The number of ether oxygens (including phenoxy) is 4. The van der Waals surface area contributed by atoms with Gasteiger partial charge in [-0.25, -0.2) is 14.0 Å². The van der Waals surface area contributed by atoms with E-state index in [9.17, 15) is 23.9 Å². The number of aliphatic carboxylic acids is 1. The lowest BCUT2D eigenvalue weighted by molar-refractivity contribution is -0.174. The zero-order valence-electron chi connectivity index (χ0n) is 21.2. The van der Waals surface area contributed by atoms with E-state index in [0.717, 1.165) is 19.3 Å². The molecule has 0 heterocycles. The van der Waals surface area contributed by atoms with Crippen LogP contribution in [0.2, 0.25) is 0 Å². The van der Waals surface area contributed by atoms with Crippen molar-refractivity contribution in [1.82, 2.24) is 0 Å². The van der Waals surface area contributed by atoms with Crippen LogP contribution >= 0.6 is 0 Å². The number of esters is 1. The van der Waals surface area contributed by atoms with E-state index >= 15 is 0 Å². The Labute approximate surface area is 205 Å². The van der Waals surface area contributed by atoms with Crippen molar-refractivity contribution in [1.29, 1.82) is 0 Å². The van der Waals surface area contributed by atoms with E-state index < -0.39 is 60.0 Å². The van der Waals surface area contributed by atoms with Crippen LogP contribution in [0, 0.1) is 28.6 Å². The lowest BCUT2D eigenvalue weighted by Crippen LogP contribution is -2.56. The van der Waals surface area contributed by atoms with Gasteiger partial charge in [-0.3, -0.25) is 4.79 Å². The molecule has 198 valence electrons. The predicted molar refractivity (Wildman–Crippen MR) is 121 cm³/mol. The fraction of sp³-hybridized carbons (Fsp3) is 0.880. The van der Waals surface area contributed by atoms with Gasteiger partial charge in [0.25, 0.3) is 0 Å². The molecular formula is C25H38FNO8. The second kappa shape index (κ2) is 8.57. The smallest absolute Gasteiger partial charge is 0.479 e. The van der Waals surface area contributed by atoms with Gasteiger partial charge in [0.15, 0.2) is 0 Å². The Balaban J connectivity index is 1.32. The Kier molecular flexibility index (Phi) is 6.40. The zero-order chi connectivity index (χ0) is 26.0. The van der Waals surface area contributed by atoms with E-state index in [-0.39, 0.29) is 23.4 Å². The minimum Gasteiger partial charge on any atom is -0.479 e. The molecule has 0 saturated heterocycles. The lowest BCUT2D eigenvalue weighted by Gasteiger charge is -2.38. The third-order valence-electron chi connectivity index (χ3n) is 9.75. The monoisotopic (exact) mass is 499 g/mol. The Hall–Kier alpha value is -1.94. The summed E-state index contributed by atoms with van der Waals surface area (Å²) in [7, 11) is 0. The summed E-state index contributed by atoms with van der Waals surface area (Å²) in [4.78, 5) is 36.6. The van der Waals surface area contributed by atoms with E-state index in [1.54, 1.807) is 0 Å². The molecule has 3 N–H and O–H groups in total. The maximum atomic E-state index is 15.0. The third kappa shape index (κ3) is 3.91. The first kappa shape index (κ1) is 26.1. The summed E-state index contributed by atoms with van der Waals surface area (Å²) in [5.74, 6) is -3.79. The molecule has 0 radical (unpaired) electrons. The molecular weight excluding hydrogens is 461 g/mol. The van der Waals surface area contributed by atoms with E-state index in [1.807, 2.05) is 6.92 Å².